The smallest absolute Gasteiger partial charge is 0.265 e. The Balaban J connectivity index is 1.42. The highest BCUT2D eigenvalue weighted by molar-refractivity contribution is 7.89. The molecule has 0 aromatic heterocycles. The Kier molecular flexibility index (Phi) is 6.24. The van der Waals surface area contributed by atoms with Crippen molar-refractivity contribution in [1.82, 2.24) is 4.31 Å². The van der Waals surface area contributed by atoms with Crippen LogP contribution in [0.25, 0.3) is 0 Å². The maximum atomic E-state index is 12.9. The lowest BCUT2D eigenvalue weighted by atomic mass is 10.2. The van der Waals surface area contributed by atoms with E-state index in [0.29, 0.717) is 30.2 Å². The van der Waals surface area contributed by atoms with Crippen molar-refractivity contribution in [1.29, 1.82) is 0 Å². The number of hydrogen-bond donors (Lipinski definition) is 1. The van der Waals surface area contributed by atoms with Crippen molar-refractivity contribution in [2.24, 2.45) is 0 Å². The Morgan fingerprint density at radius 3 is 2.35 bits per heavy atom. The van der Waals surface area contributed by atoms with Crippen LogP contribution in [0.2, 0.25) is 0 Å². The minimum Gasteiger partial charge on any atom is -0.482 e. The largest absolute Gasteiger partial charge is 0.482 e. The van der Waals surface area contributed by atoms with Gasteiger partial charge in [0.2, 0.25) is 15.9 Å². The molecule has 2 aliphatic heterocycles. The zero-order valence-corrected chi connectivity index (χ0v) is 17.9. The first-order valence-corrected chi connectivity index (χ1v) is 11.8. The number of amides is 2. The van der Waals surface area contributed by atoms with E-state index < -0.39 is 10.0 Å². The average Bonchev–Trinajstić information content (AvgIpc) is 3.06. The van der Waals surface area contributed by atoms with Crippen molar-refractivity contribution >= 4 is 33.2 Å². The number of nitrogens with zero attached hydrogens (tertiary/aromatic N) is 2. The molecule has 0 spiro atoms. The summed E-state index contributed by atoms with van der Waals surface area (Å²) >= 11 is 0. The molecule has 0 saturated carbocycles. The molecular weight excluding hydrogens is 418 g/mol. The van der Waals surface area contributed by atoms with E-state index in [4.69, 9.17) is 4.74 Å². The second kappa shape index (κ2) is 9.07. The summed E-state index contributed by atoms with van der Waals surface area (Å²) in [6.07, 6.45) is 3.84. The SMILES string of the molecule is O=C(CN1C(=O)COc2ccccc21)Nc1ccc(S(=O)(=O)N2CCCCCC2)cc1. The molecule has 0 atom stereocenters. The van der Waals surface area contributed by atoms with Crippen LogP contribution in [0.3, 0.4) is 0 Å². The highest BCUT2D eigenvalue weighted by Crippen LogP contribution is 2.31. The second-order valence-electron chi connectivity index (χ2n) is 7.63. The Morgan fingerprint density at radius 1 is 0.968 bits per heavy atom. The fourth-order valence-electron chi connectivity index (χ4n) is 3.81. The van der Waals surface area contributed by atoms with Crippen molar-refractivity contribution < 1.29 is 22.7 Å². The van der Waals surface area contributed by atoms with Gasteiger partial charge in [-0.15, -0.1) is 0 Å². The van der Waals surface area contributed by atoms with Gasteiger partial charge in [0.25, 0.3) is 5.91 Å². The number of para-hydroxylation sites is 2. The minimum atomic E-state index is -3.54. The fourth-order valence-corrected chi connectivity index (χ4v) is 5.33. The first-order chi connectivity index (χ1) is 14.9. The van der Waals surface area contributed by atoms with E-state index in [0.717, 1.165) is 25.7 Å². The Hall–Kier alpha value is -2.91. The van der Waals surface area contributed by atoms with Crippen LogP contribution < -0.4 is 15.0 Å². The molecule has 4 rings (SSSR count). The summed E-state index contributed by atoms with van der Waals surface area (Å²) in [5.74, 6) is -0.126. The van der Waals surface area contributed by atoms with Crippen LogP contribution in [0, 0.1) is 0 Å². The maximum absolute atomic E-state index is 12.9. The molecule has 0 unspecified atom stereocenters. The van der Waals surface area contributed by atoms with Crippen LogP contribution in [-0.4, -0.2) is 50.8 Å². The summed E-state index contributed by atoms with van der Waals surface area (Å²) in [6, 6.07) is 13.2. The van der Waals surface area contributed by atoms with E-state index in [1.165, 1.54) is 21.3 Å². The van der Waals surface area contributed by atoms with Gasteiger partial charge >= 0.3 is 0 Å². The molecule has 2 aromatic rings. The number of carbonyl (C=O) groups excluding carboxylic acids is 2. The molecule has 9 heteroatoms. The second-order valence-corrected chi connectivity index (χ2v) is 9.57. The van der Waals surface area contributed by atoms with E-state index in [1.54, 1.807) is 36.4 Å². The Bertz CT molecular complexity index is 1060. The average molecular weight is 444 g/mol. The normalized spacial score (nSPS) is 17.4. The van der Waals surface area contributed by atoms with Crippen LogP contribution in [0.15, 0.2) is 53.4 Å². The van der Waals surface area contributed by atoms with E-state index >= 15 is 0 Å². The molecule has 1 N–H and O–H groups in total. The summed E-state index contributed by atoms with van der Waals surface area (Å²) in [5.41, 5.74) is 1.02. The van der Waals surface area contributed by atoms with Crippen molar-refractivity contribution in [3.63, 3.8) is 0 Å². The number of ether oxygens (including phenoxy) is 1. The molecule has 2 aliphatic rings. The molecule has 0 aliphatic carbocycles. The van der Waals surface area contributed by atoms with Gasteiger partial charge in [-0.25, -0.2) is 8.42 Å². The van der Waals surface area contributed by atoms with Crippen molar-refractivity contribution in [2.45, 2.75) is 30.6 Å². The fraction of sp³-hybridized carbons (Fsp3) is 0.364. The molecule has 164 valence electrons. The standard InChI is InChI=1S/C22H25N3O5S/c26-21(15-25-19-7-3-4-8-20(19)30-16-22(25)27)23-17-9-11-18(12-10-17)31(28,29)24-13-5-1-2-6-14-24/h3-4,7-12H,1-2,5-6,13-16H2,(H,23,26). The molecule has 1 saturated heterocycles. The van der Waals surface area contributed by atoms with Gasteiger partial charge in [0.1, 0.15) is 12.3 Å². The highest BCUT2D eigenvalue weighted by atomic mass is 32.2. The van der Waals surface area contributed by atoms with Gasteiger partial charge in [-0.1, -0.05) is 25.0 Å². The van der Waals surface area contributed by atoms with Crippen LogP contribution >= 0.6 is 0 Å². The number of benzene rings is 2. The maximum Gasteiger partial charge on any atom is 0.265 e. The molecule has 0 bridgehead atoms. The number of sulfonamides is 1. The van der Waals surface area contributed by atoms with Gasteiger partial charge in [0.05, 0.1) is 10.6 Å². The molecule has 1 fully saturated rings. The third-order valence-electron chi connectivity index (χ3n) is 5.45. The first kappa shape index (κ1) is 21.3. The number of fused-ring (bicyclic) bond motifs is 1. The van der Waals surface area contributed by atoms with Crippen LogP contribution in [0.4, 0.5) is 11.4 Å². The predicted octanol–water partition coefficient (Wildman–Crippen LogP) is 2.62. The molecular formula is C22H25N3O5S. The van der Waals surface area contributed by atoms with Gasteiger partial charge in [-0.3, -0.25) is 14.5 Å². The van der Waals surface area contributed by atoms with Crippen LogP contribution in [0.5, 0.6) is 5.75 Å². The van der Waals surface area contributed by atoms with Gasteiger partial charge in [0.15, 0.2) is 6.61 Å². The molecule has 2 heterocycles. The topological polar surface area (TPSA) is 96.0 Å². The van der Waals surface area contributed by atoms with E-state index in [1.807, 2.05) is 0 Å². The van der Waals surface area contributed by atoms with Gasteiger partial charge in [-0.2, -0.15) is 4.31 Å². The lowest BCUT2D eigenvalue weighted by Gasteiger charge is -2.28. The summed E-state index contributed by atoms with van der Waals surface area (Å²) < 4.78 is 32.7. The minimum absolute atomic E-state index is 0.118. The monoisotopic (exact) mass is 443 g/mol. The zero-order valence-electron chi connectivity index (χ0n) is 17.1. The number of carbonyl (C=O) groups is 2. The number of anilines is 2. The van der Waals surface area contributed by atoms with E-state index in [-0.39, 0.29) is 29.9 Å². The van der Waals surface area contributed by atoms with Crippen LogP contribution in [0.1, 0.15) is 25.7 Å². The third-order valence-corrected chi connectivity index (χ3v) is 7.36. The van der Waals surface area contributed by atoms with Crippen LogP contribution in [-0.2, 0) is 19.6 Å². The van der Waals surface area contributed by atoms with Gasteiger partial charge in [0, 0.05) is 18.8 Å². The molecule has 0 radical (unpaired) electrons. The Morgan fingerprint density at radius 2 is 1.65 bits per heavy atom. The molecule has 2 aromatic carbocycles. The summed E-state index contributed by atoms with van der Waals surface area (Å²) in [6.45, 7) is 0.798. The first-order valence-electron chi connectivity index (χ1n) is 10.4. The highest BCUT2D eigenvalue weighted by Gasteiger charge is 2.27. The quantitative estimate of drug-likeness (QED) is 0.766. The van der Waals surface area contributed by atoms with Crippen molar-refractivity contribution in [3.8, 4) is 5.75 Å². The number of hydrogen-bond acceptors (Lipinski definition) is 5. The number of nitrogens with one attached hydrogen (secondary N) is 1. The zero-order chi connectivity index (χ0) is 21.8. The summed E-state index contributed by atoms with van der Waals surface area (Å²) in [5, 5.41) is 2.73. The summed E-state index contributed by atoms with van der Waals surface area (Å²) in [7, 11) is -3.54. The van der Waals surface area contributed by atoms with E-state index in [9.17, 15) is 18.0 Å². The Labute approximate surface area is 181 Å². The third kappa shape index (κ3) is 4.72. The predicted molar refractivity (Wildman–Crippen MR) is 117 cm³/mol. The molecule has 2 amide bonds. The molecule has 31 heavy (non-hydrogen) atoms. The lowest BCUT2D eigenvalue weighted by molar-refractivity contribution is -0.123. The van der Waals surface area contributed by atoms with E-state index in [2.05, 4.69) is 5.32 Å². The van der Waals surface area contributed by atoms with Crippen molar-refractivity contribution in [3.05, 3.63) is 48.5 Å². The van der Waals surface area contributed by atoms with Gasteiger partial charge < -0.3 is 10.1 Å². The summed E-state index contributed by atoms with van der Waals surface area (Å²) in [4.78, 5) is 26.3. The van der Waals surface area contributed by atoms with Gasteiger partial charge in [-0.05, 0) is 49.2 Å². The number of rotatable bonds is 5. The lowest BCUT2D eigenvalue weighted by Crippen LogP contribution is -2.43. The molecule has 8 nitrogen and oxygen atoms in total. The van der Waals surface area contributed by atoms with Crippen molar-refractivity contribution in [2.75, 3.05) is 36.5 Å².